The van der Waals surface area contributed by atoms with Gasteiger partial charge in [0.15, 0.2) is 0 Å². The Morgan fingerprint density at radius 2 is 2.00 bits per heavy atom. The summed E-state index contributed by atoms with van der Waals surface area (Å²) in [5.74, 6) is 0.0764. The molecule has 6 nitrogen and oxygen atoms in total. The summed E-state index contributed by atoms with van der Waals surface area (Å²) >= 11 is 7.21. The molecule has 116 valence electrons. The van der Waals surface area contributed by atoms with E-state index in [4.69, 9.17) is 16.3 Å². The molecular formula is C15H11ClN4O2S. The molecule has 2 heterocycles. The standard InChI is InChI=1S/C15H11ClN4O2S/c1-22-12-3-2-10(16)8-11(12)13(21)18-15-20-19-14(23-15)9-4-6-17-7-5-9/h2-8H,1H3,(H,18,20,21). The fourth-order valence-corrected chi connectivity index (χ4v) is 2.82. The third kappa shape index (κ3) is 3.46. The van der Waals surface area contributed by atoms with Crippen LogP contribution in [0.25, 0.3) is 10.6 Å². The Labute approximate surface area is 141 Å². The van der Waals surface area contributed by atoms with E-state index in [2.05, 4.69) is 20.5 Å². The van der Waals surface area contributed by atoms with Gasteiger partial charge in [0.05, 0.1) is 12.7 Å². The number of nitrogens with one attached hydrogen (secondary N) is 1. The smallest absolute Gasteiger partial charge is 0.261 e. The number of nitrogens with zero attached hydrogens (tertiary/aromatic N) is 3. The summed E-state index contributed by atoms with van der Waals surface area (Å²) in [5.41, 5.74) is 1.22. The number of ether oxygens (including phenoxy) is 1. The first-order valence-corrected chi connectivity index (χ1v) is 7.75. The van der Waals surface area contributed by atoms with Crippen molar-refractivity contribution < 1.29 is 9.53 Å². The highest BCUT2D eigenvalue weighted by molar-refractivity contribution is 7.18. The van der Waals surface area contributed by atoms with Gasteiger partial charge in [-0.15, -0.1) is 10.2 Å². The number of pyridine rings is 1. The van der Waals surface area contributed by atoms with Gasteiger partial charge in [-0.05, 0) is 30.3 Å². The lowest BCUT2D eigenvalue weighted by Crippen LogP contribution is -2.13. The Morgan fingerprint density at radius 1 is 1.22 bits per heavy atom. The zero-order valence-corrected chi connectivity index (χ0v) is 13.6. The van der Waals surface area contributed by atoms with Crippen LogP contribution in [0.3, 0.4) is 0 Å². The maximum Gasteiger partial charge on any atom is 0.261 e. The lowest BCUT2D eigenvalue weighted by atomic mass is 10.2. The molecule has 0 aliphatic rings. The molecule has 0 saturated carbocycles. The molecule has 3 rings (SSSR count). The van der Waals surface area contributed by atoms with Crippen LogP contribution in [0.2, 0.25) is 5.02 Å². The largest absolute Gasteiger partial charge is 0.496 e. The van der Waals surface area contributed by atoms with Crippen molar-refractivity contribution in [2.45, 2.75) is 0 Å². The molecule has 0 spiro atoms. The zero-order chi connectivity index (χ0) is 16.2. The van der Waals surface area contributed by atoms with Gasteiger partial charge in [-0.3, -0.25) is 15.1 Å². The van der Waals surface area contributed by atoms with Gasteiger partial charge in [0.2, 0.25) is 5.13 Å². The first kappa shape index (κ1) is 15.4. The minimum absolute atomic E-state index is 0.334. The topological polar surface area (TPSA) is 77.0 Å². The molecule has 0 radical (unpaired) electrons. The van der Waals surface area contributed by atoms with Crippen molar-refractivity contribution >= 4 is 34.0 Å². The predicted octanol–water partition coefficient (Wildman–Crippen LogP) is 3.51. The Kier molecular flexibility index (Phi) is 4.50. The van der Waals surface area contributed by atoms with Crippen molar-refractivity contribution in [2.24, 2.45) is 0 Å². The van der Waals surface area contributed by atoms with Crippen LogP contribution in [-0.4, -0.2) is 28.2 Å². The van der Waals surface area contributed by atoms with Crippen molar-refractivity contribution in [3.8, 4) is 16.3 Å². The zero-order valence-electron chi connectivity index (χ0n) is 12.0. The van der Waals surface area contributed by atoms with E-state index in [0.29, 0.717) is 26.5 Å². The monoisotopic (exact) mass is 346 g/mol. The molecule has 1 aromatic carbocycles. The second-order valence-corrected chi connectivity index (χ2v) is 5.86. The summed E-state index contributed by atoms with van der Waals surface area (Å²) in [7, 11) is 1.49. The first-order valence-electron chi connectivity index (χ1n) is 6.56. The molecule has 23 heavy (non-hydrogen) atoms. The number of carbonyl (C=O) groups excluding carboxylic acids is 1. The lowest BCUT2D eigenvalue weighted by molar-refractivity contribution is 0.102. The number of methoxy groups -OCH3 is 1. The fraction of sp³-hybridized carbons (Fsp3) is 0.0667. The van der Waals surface area contributed by atoms with E-state index in [9.17, 15) is 4.79 Å². The molecule has 0 unspecified atom stereocenters. The van der Waals surface area contributed by atoms with Gasteiger partial charge in [0.25, 0.3) is 5.91 Å². The van der Waals surface area contributed by atoms with E-state index in [-0.39, 0.29) is 5.91 Å². The molecule has 1 N–H and O–H groups in total. The maximum atomic E-state index is 12.4. The summed E-state index contributed by atoms with van der Waals surface area (Å²) in [6.07, 6.45) is 3.34. The number of carbonyl (C=O) groups is 1. The average molecular weight is 347 g/mol. The first-order chi connectivity index (χ1) is 11.2. The number of hydrogen-bond donors (Lipinski definition) is 1. The van der Waals surface area contributed by atoms with Crippen LogP contribution in [0.15, 0.2) is 42.7 Å². The molecule has 0 saturated heterocycles. The van der Waals surface area contributed by atoms with Crippen molar-refractivity contribution in [1.29, 1.82) is 0 Å². The summed E-state index contributed by atoms with van der Waals surface area (Å²) in [6, 6.07) is 8.49. The number of anilines is 1. The van der Waals surface area contributed by atoms with E-state index < -0.39 is 0 Å². The van der Waals surface area contributed by atoms with E-state index in [1.54, 1.807) is 30.6 Å². The van der Waals surface area contributed by atoms with Gasteiger partial charge in [0, 0.05) is 23.0 Å². The Morgan fingerprint density at radius 3 is 2.74 bits per heavy atom. The van der Waals surface area contributed by atoms with Crippen LogP contribution in [0.4, 0.5) is 5.13 Å². The van der Waals surface area contributed by atoms with Crippen LogP contribution in [-0.2, 0) is 0 Å². The van der Waals surface area contributed by atoms with Gasteiger partial charge >= 0.3 is 0 Å². The minimum atomic E-state index is -0.359. The fourth-order valence-electron chi connectivity index (χ4n) is 1.91. The van der Waals surface area contributed by atoms with Gasteiger partial charge in [-0.25, -0.2) is 0 Å². The third-order valence-corrected chi connectivity index (χ3v) is 4.10. The molecule has 8 heteroatoms. The summed E-state index contributed by atoms with van der Waals surface area (Å²) < 4.78 is 5.17. The van der Waals surface area contributed by atoms with Crippen molar-refractivity contribution in [2.75, 3.05) is 12.4 Å². The van der Waals surface area contributed by atoms with Gasteiger partial charge in [-0.1, -0.05) is 22.9 Å². The van der Waals surface area contributed by atoms with Gasteiger partial charge in [-0.2, -0.15) is 0 Å². The van der Waals surface area contributed by atoms with E-state index >= 15 is 0 Å². The van der Waals surface area contributed by atoms with E-state index in [1.807, 2.05) is 12.1 Å². The molecule has 3 aromatic rings. The maximum absolute atomic E-state index is 12.4. The van der Waals surface area contributed by atoms with Gasteiger partial charge in [0.1, 0.15) is 10.8 Å². The van der Waals surface area contributed by atoms with Crippen molar-refractivity contribution in [3.05, 3.63) is 53.3 Å². The van der Waals surface area contributed by atoms with E-state index in [0.717, 1.165) is 5.56 Å². The average Bonchev–Trinajstić information content (AvgIpc) is 3.04. The summed E-state index contributed by atoms with van der Waals surface area (Å²) in [6.45, 7) is 0. The van der Waals surface area contributed by atoms with E-state index in [1.165, 1.54) is 18.4 Å². The Balaban J connectivity index is 1.82. The van der Waals surface area contributed by atoms with Crippen LogP contribution in [0.5, 0.6) is 5.75 Å². The number of halogens is 1. The SMILES string of the molecule is COc1ccc(Cl)cc1C(=O)Nc1nnc(-c2ccncc2)s1. The van der Waals surface area contributed by atoms with Crippen LogP contribution >= 0.6 is 22.9 Å². The highest BCUT2D eigenvalue weighted by atomic mass is 35.5. The van der Waals surface area contributed by atoms with Crippen LogP contribution in [0, 0.1) is 0 Å². The highest BCUT2D eigenvalue weighted by Crippen LogP contribution is 2.27. The van der Waals surface area contributed by atoms with Gasteiger partial charge < -0.3 is 4.74 Å². The second-order valence-electron chi connectivity index (χ2n) is 4.45. The Bertz CT molecular complexity index is 839. The van der Waals surface area contributed by atoms with Crippen LogP contribution < -0.4 is 10.1 Å². The molecule has 2 aromatic heterocycles. The number of aromatic nitrogens is 3. The summed E-state index contributed by atoms with van der Waals surface area (Å²) in [5, 5.41) is 12.3. The molecule has 0 fully saturated rings. The number of rotatable bonds is 4. The second kappa shape index (κ2) is 6.72. The normalized spacial score (nSPS) is 10.3. The predicted molar refractivity (Wildman–Crippen MR) is 89.1 cm³/mol. The summed E-state index contributed by atoms with van der Waals surface area (Å²) in [4.78, 5) is 16.3. The molecule has 0 aliphatic carbocycles. The third-order valence-electron chi connectivity index (χ3n) is 2.98. The molecule has 0 atom stereocenters. The number of benzene rings is 1. The lowest BCUT2D eigenvalue weighted by Gasteiger charge is -2.07. The quantitative estimate of drug-likeness (QED) is 0.782. The highest BCUT2D eigenvalue weighted by Gasteiger charge is 2.15. The molecule has 0 bridgehead atoms. The van der Waals surface area contributed by atoms with Crippen molar-refractivity contribution in [1.82, 2.24) is 15.2 Å². The molecule has 1 amide bonds. The molecule has 0 aliphatic heterocycles. The number of hydrogen-bond acceptors (Lipinski definition) is 6. The number of amides is 1. The Hall–Kier alpha value is -2.51. The van der Waals surface area contributed by atoms with Crippen LogP contribution in [0.1, 0.15) is 10.4 Å². The van der Waals surface area contributed by atoms with Crippen molar-refractivity contribution in [3.63, 3.8) is 0 Å². The minimum Gasteiger partial charge on any atom is -0.496 e. The molecular weight excluding hydrogens is 336 g/mol.